The Morgan fingerprint density at radius 1 is 0.960 bits per heavy atom. The predicted molar refractivity (Wildman–Crippen MR) is 99.6 cm³/mol. The van der Waals surface area contributed by atoms with Crippen LogP contribution in [0, 0.1) is 5.82 Å². The van der Waals surface area contributed by atoms with Crippen molar-refractivity contribution in [1.82, 2.24) is 0 Å². The van der Waals surface area contributed by atoms with Gasteiger partial charge in [0.1, 0.15) is 18.2 Å². The lowest BCUT2D eigenvalue weighted by Crippen LogP contribution is -1.97. The van der Waals surface area contributed by atoms with Gasteiger partial charge in [-0.1, -0.05) is 60.7 Å². The molecule has 0 spiro atoms. The number of aliphatic imine (C=N–C) groups is 1. The van der Waals surface area contributed by atoms with Crippen molar-refractivity contribution < 1.29 is 9.13 Å². The van der Waals surface area contributed by atoms with E-state index in [0.717, 1.165) is 16.9 Å². The second-order valence-electron chi connectivity index (χ2n) is 5.82. The minimum atomic E-state index is -0.241. The first kappa shape index (κ1) is 16.9. The molecule has 3 rings (SSSR count). The third-order valence-corrected chi connectivity index (χ3v) is 3.91. The highest BCUT2D eigenvalue weighted by Gasteiger charge is 2.07. The Labute approximate surface area is 147 Å². The van der Waals surface area contributed by atoms with Crippen molar-refractivity contribution in [1.29, 1.82) is 0 Å². The van der Waals surface area contributed by atoms with E-state index in [0.29, 0.717) is 12.2 Å². The van der Waals surface area contributed by atoms with Crippen molar-refractivity contribution in [2.45, 2.75) is 19.6 Å². The molecule has 2 nitrogen and oxygen atoms in total. The predicted octanol–water partition coefficient (Wildman–Crippen LogP) is 5.58. The van der Waals surface area contributed by atoms with E-state index in [1.165, 1.54) is 6.07 Å². The molecule has 3 aromatic rings. The van der Waals surface area contributed by atoms with Crippen LogP contribution >= 0.6 is 0 Å². The molecule has 0 bridgehead atoms. The third-order valence-electron chi connectivity index (χ3n) is 3.91. The standard InChI is InChI=1S/C22H20FNO/c1-17(21-12-5-6-13-22(21)23)24-15-19-10-7-11-20(14-19)25-16-18-8-3-2-4-9-18/h2-15,17H,16H2,1H3. The van der Waals surface area contributed by atoms with Crippen LogP contribution in [0.2, 0.25) is 0 Å². The minimum absolute atomic E-state index is 0.230. The molecular formula is C22H20FNO. The zero-order chi connectivity index (χ0) is 17.5. The van der Waals surface area contributed by atoms with Crippen molar-refractivity contribution in [2.24, 2.45) is 4.99 Å². The highest BCUT2D eigenvalue weighted by atomic mass is 19.1. The summed E-state index contributed by atoms with van der Waals surface area (Å²) in [5, 5.41) is 0. The summed E-state index contributed by atoms with van der Waals surface area (Å²) in [5.74, 6) is 0.554. The molecule has 126 valence electrons. The quantitative estimate of drug-likeness (QED) is 0.539. The van der Waals surface area contributed by atoms with Crippen molar-refractivity contribution in [3.8, 4) is 5.75 Å². The summed E-state index contributed by atoms with van der Waals surface area (Å²) in [4.78, 5) is 4.46. The molecule has 25 heavy (non-hydrogen) atoms. The molecule has 1 unspecified atom stereocenters. The van der Waals surface area contributed by atoms with Crippen LogP contribution in [0.15, 0.2) is 83.9 Å². The van der Waals surface area contributed by atoms with E-state index < -0.39 is 0 Å². The number of rotatable bonds is 6. The number of hydrogen-bond donors (Lipinski definition) is 0. The SMILES string of the molecule is CC(N=Cc1cccc(OCc2ccccc2)c1)c1ccccc1F. The highest BCUT2D eigenvalue weighted by molar-refractivity contribution is 5.80. The Morgan fingerprint density at radius 2 is 1.72 bits per heavy atom. The molecule has 1 atom stereocenters. The number of benzene rings is 3. The van der Waals surface area contributed by atoms with E-state index in [2.05, 4.69) is 4.99 Å². The average Bonchev–Trinajstić information content (AvgIpc) is 2.66. The molecule has 0 aliphatic heterocycles. The molecule has 0 amide bonds. The van der Waals surface area contributed by atoms with Crippen LogP contribution in [0.5, 0.6) is 5.75 Å². The van der Waals surface area contributed by atoms with Gasteiger partial charge in [0.2, 0.25) is 0 Å². The fourth-order valence-corrected chi connectivity index (χ4v) is 2.52. The van der Waals surface area contributed by atoms with Gasteiger partial charge in [0.25, 0.3) is 0 Å². The van der Waals surface area contributed by atoms with Crippen molar-refractivity contribution in [3.05, 3.63) is 101 Å². The van der Waals surface area contributed by atoms with Crippen LogP contribution in [0.4, 0.5) is 4.39 Å². The maximum atomic E-state index is 13.8. The number of ether oxygens (including phenoxy) is 1. The number of nitrogens with zero attached hydrogens (tertiary/aromatic N) is 1. The lowest BCUT2D eigenvalue weighted by Gasteiger charge is -2.08. The summed E-state index contributed by atoms with van der Waals surface area (Å²) in [6.07, 6.45) is 1.76. The van der Waals surface area contributed by atoms with E-state index in [9.17, 15) is 4.39 Å². The molecule has 0 aromatic heterocycles. The summed E-state index contributed by atoms with van der Waals surface area (Å²) in [7, 11) is 0. The molecule has 0 saturated heterocycles. The Kier molecular flexibility index (Phi) is 5.57. The van der Waals surface area contributed by atoms with Gasteiger partial charge in [-0.2, -0.15) is 0 Å². The van der Waals surface area contributed by atoms with E-state index in [4.69, 9.17) is 4.74 Å². The minimum Gasteiger partial charge on any atom is -0.489 e. The largest absolute Gasteiger partial charge is 0.489 e. The topological polar surface area (TPSA) is 21.6 Å². The first-order chi connectivity index (χ1) is 12.2. The van der Waals surface area contributed by atoms with Crippen LogP contribution < -0.4 is 4.74 Å². The zero-order valence-electron chi connectivity index (χ0n) is 14.1. The first-order valence-corrected chi connectivity index (χ1v) is 8.27. The Bertz CT molecular complexity index is 845. The van der Waals surface area contributed by atoms with Gasteiger partial charge >= 0.3 is 0 Å². The lowest BCUT2D eigenvalue weighted by atomic mass is 10.1. The molecule has 0 radical (unpaired) electrons. The summed E-state index contributed by atoms with van der Waals surface area (Å²) >= 11 is 0. The fourth-order valence-electron chi connectivity index (χ4n) is 2.52. The number of hydrogen-bond acceptors (Lipinski definition) is 2. The van der Waals surface area contributed by atoms with Crippen LogP contribution in [-0.2, 0) is 6.61 Å². The number of halogens is 1. The molecule has 0 saturated carbocycles. The maximum absolute atomic E-state index is 13.8. The van der Waals surface area contributed by atoms with Crippen molar-refractivity contribution in [2.75, 3.05) is 0 Å². The monoisotopic (exact) mass is 333 g/mol. The molecule has 0 aliphatic rings. The molecule has 0 N–H and O–H groups in total. The third kappa shape index (κ3) is 4.77. The lowest BCUT2D eigenvalue weighted by molar-refractivity contribution is 0.306. The zero-order valence-corrected chi connectivity index (χ0v) is 14.1. The van der Waals surface area contributed by atoms with E-state index >= 15 is 0 Å². The molecular weight excluding hydrogens is 313 g/mol. The molecule has 3 aromatic carbocycles. The van der Waals surface area contributed by atoms with Crippen molar-refractivity contribution >= 4 is 6.21 Å². The second kappa shape index (κ2) is 8.25. The van der Waals surface area contributed by atoms with Crippen molar-refractivity contribution in [3.63, 3.8) is 0 Å². The summed E-state index contributed by atoms with van der Waals surface area (Å²) in [5.41, 5.74) is 2.64. The Balaban J connectivity index is 1.66. The molecule has 0 aliphatic carbocycles. The van der Waals surface area contributed by atoms with Gasteiger partial charge in [0.05, 0.1) is 6.04 Å². The van der Waals surface area contributed by atoms with E-state index in [1.807, 2.05) is 67.6 Å². The van der Waals surface area contributed by atoms with Gasteiger partial charge in [0.15, 0.2) is 0 Å². The van der Waals surface area contributed by atoms with E-state index in [1.54, 1.807) is 18.3 Å². The first-order valence-electron chi connectivity index (χ1n) is 8.27. The van der Waals surface area contributed by atoms with Gasteiger partial charge in [-0.3, -0.25) is 4.99 Å². The summed E-state index contributed by atoms with van der Waals surface area (Å²) in [6.45, 7) is 2.40. The second-order valence-corrected chi connectivity index (χ2v) is 5.82. The Hall–Kier alpha value is -2.94. The summed E-state index contributed by atoms with van der Waals surface area (Å²) < 4.78 is 19.6. The summed E-state index contributed by atoms with van der Waals surface area (Å²) in [6, 6.07) is 24.2. The Morgan fingerprint density at radius 3 is 2.52 bits per heavy atom. The van der Waals surface area contributed by atoms with Gasteiger partial charge in [-0.25, -0.2) is 4.39 Å². The molecule has 3 heteroatoms. The van der Waals surface area contributed by atoms with Crippen LogP contribution in [0.3, 0.4) is 0 Å². The van der Waals surface area contributed by atoms with Crippen LogP contribution in [-0.4, -0.2) is 6.21 Å². The maximum Gasteiger partial charge on any atom is 0.128 e. The fraction of sp³-hybridized carbons (Fsp3) is 0.136. The van der Waals surface area contributed by atoms with Gasteiger partial charge in [-0.05, 0) is 36.2 Å². The molecule has 0 fully saturated rings. The average molecular weight is 333 g/mol. The van der Waals surface area contributed by atoms with Crippen LogP contribution in [0.1, 0.15) is 29.7 Å². The van der Waals surface area contributed by atoms with Gasteiger partial charge in [-0.15, -0.1) is 0 Å². The highest BCUT2D eigenvalue weighted by Crippen LogP contribution is 2.20. The van der Waals surface area contributed by atoms with Gasteiger partial charge in [0, 0.05) is 11.8 Å². The van der Waals surface area contributed by atoms with Crippen LogP contribution in [0.25, 0.3) is 0 Å². The molecule has 0 heterocycles. The van der Waals surface area contributed by atoms with E-state index in [-0.39, 0.29) is 11.9 Å². The van der Waals surface area contributed by atoms with Gasteiger partial charge < -0.3 is 4.74 Å². The normalized spacial score (nSPS) is 12.2. The smallest absolute Gasteiger partial charge is 0.128 e.